The largest absolute Gasteiger partial charge is 0.350 e. The number of amides is 2. The van der Waals surface area contributed by atoms with Crippen LogP contribution in [-0.4, -0.2) is 11.7 Å². The first kappa shape index (κ1) is 10.9. The summed E-state index contributed by atoms with van der Waals surface area (Å²) >= 11 is 0. The van der Waals surface area contributed by atoms with E-state index in [-0.39, 0.29) is 0 Å². The van der Waals surface area contributed by atoms with Gasteiger partial charge < -0.3 is 5.73 Å². The van der Waals surface area contributed by atoms with E-state index >= 15 is 0 Å². The third-order valence-corrected chi connectivity index (χ3v) is 3.32. The smallest absolute Gasteiger partial charge is 0.332 e. The van der Waals surface area contributed by atoms with Crippen LogP contribution in [0.1, 0.15) is 32.1 Å². The summed E-state index contributed by atoms with van der Waals surface area (Å²) in [7, 11) is 0. The van der Waals surface area contributed by atoms with Gasteiger partial charge in [-0.25, -0.2) is 10.2 Å². The molecule has 4 nitrogen and oxygen atoms in total. The molecule has 0 unspecified atom stereocenters. The lowest BCUT2D eigenvalue weighted by molar-refractivity contribution is 0.249. The average Bonchev–Trinajstić information content (AvgIpc) is 2.29. The minimum Gasteiger partial charge on any atom is -0.350 e. The summed E-state index contributed by atoms with van der Waals surface area (Å²) in [5.41, 5.74) is 8.46. The monoisotopic (exact) mass is 219 g/mol. The van der Waals surface area contributed by atoms with Crippen molar-refractivity contribution in [1.82, 2.24) is 5.43 Å². The molecular formula is C12H17N3O. The van der Waals surface area contributed by atoms with E-state index in [1.54, 1.807) is 0 Å². The molecule has 0 radical (unpaired) electrons. The lowest BCUT2D eigenvalue weighted by atomic mass is 9.71. The van der Waals surface area contributed by atoms with Crippen LogP contribution >= 0.6 is 0 Å². The first-order valence-electron chi connectivity index (χ1n) is 5.66. The van der Waals surface area contributed by atoms with E-state index in [0.717, 1.165) is 31.4 Å². The SMILES string of the molecule is NC(=O)N/N=C1\C=C[C@@]2(CC=CCC2)CC1. The zero-order valence-electron chi connectivity index (χ0n) is 9.28. The number of allylic oxidation sites excluding steroid dienone is 4. The lowest BCUT2D eigenvalue weighted by Gasteiger charge is -2.34. The number of hydrogen-bond donors (Lipinski definition) is 2. The first-order chi connectivity index (χ1) is 7.70. The van der Waals surface area contributed by atoms with Crippen molar-refractivity contribution >= 4 is 11.7 Å². The fourth-order valence-electron chi connectivity index (χ4n) is 2.32. The number of hydrogen-bond acceptors (Lipinski definition) is 2. The van der Waals surface area contributed by atoms with Gasteiger partial charge >= 0.3 is 6.03 Å². The van der Waals surface area contributed by atoms with Gasteiger partial charge in [0.05, 0.1) is 5.71 Å². The van der Waals surface area contributed by atoms with Crippen molar-refractivity contribution in [2.24, 2.45) is 16.3 Å². The average molecular weight is 219 g/mol. The van der Waals surface area contributed by atoms with Crippen molar-refractivity contribution in [3.8, 4) is 0 Å². The van der Waals surface area contributed by atoms with Crippen molar-refractivity contribution in [2.75, 3.05) is 0 Å². The second kappa shape index (κ2) is 4.51. The van der Waals surface area contributed by atoms with Crippen molar-refractivity contribution in [2.45, 2.75) is 32.1 Å². The molecule has 0 fully saturated rings. The van der Waals surface area contributed by atoms with Crippen molar-refractivity contribution in [1.29, 1.82) is 0 Å². The third kappa shape index (κ3) is 2.51. The number of urea groups is 1. The van der Waals surface area contributed by atoms with Gasteiger partial charge in [-0.1, -0.05) is 18.2 Å². The lowest BCUT2D eigenvalue weighted by Crippen LogP contribution is -2.28. The molecule has 86 valence electrons. The Kier molecular flexibility index (Phi) is 3.08. The van der Waals surface area contributed by atoms with E-state index in [4.69, 9.17) is 5.73 Å². The number of primary amides is 1. The van der Waals surface area contributed by atoms with Crippen LogP contribution in [0.15, 0.2) is 29.4 Å². The molecule has 1 spiro atoms. The minimum absolute atomic E-state index is 0.334. The maximum Gasteiger partial charge on any atom is 0.332 e. The van der Waals surface area contributed by atoms with E-state index < -0.39 is 6.03 Å². The summed E-state index contributed by atoms with van der Waals surface area (Å²) < 4.78 is 0. The Hall–Kier alpha value is -1.58. The molecule has 0 aromatic rings. The Labute approximate surface area is 95.3 Å². The molecule has 2 aliphatic rings. The topological polar surface area (TPSA) is 67.5 Å². The van der Waals surface area contributed by atoms with Gasteiger partial charge in [-0.3, -0.25) is 0 Å². The molecule has 0 bridgehead atoms. The summed E-state index contributed by atoms with van der Waals surface area (Å²) in [6, 6.07) is -0.609. The van der Waals surface area contributed by atoms with Gasteiger partial charge in [0, 0.05) is 0 Å². The van der Waals surface area contributed by atoms with Gasteiger partial charge in [0.1, 0.15) is 0 Å². The van der Waals surface area contributed by atoms with Crippen LogP contribution in [-0.2, 0) is 0 Å². The van der Waals surface area contributed by atoms with Crippen LogP contribution in [0, 0.1) is 5.41 Å². The zero-order valence-corrected chi connectivity index (χ0v) is 9.28. The Morgan fingerprint density at radius 2 is 2.31 bits per heavy atom. The maximum absolute atomic E-state index is 10.5. The fourth-order valence-corrected chi connectivity index (χ4v) is 2.32. The number of carbonyl (C=O) groups is 1. The predicted molar refractivity (Wildman–Crippen MR) is 64.0 cm³/mol. The van der Waals surface area contributed by atoms with Gasteiger partial charge in [0.25, 0.3) is 0 Å². The van der Waals surface area contributed by atoms with E-state index in [9.17, 15) is 4.79 Å². The van der Waals surface area contributed by atoms with E-state index in [0.29, 0.717) is 5.41 Å². The van der Waals surface area contributed by atoms with Crippen LogP contribution in [0.5, 0.6) is 0 Å². The molecule has 0 aromatic carbocycles. The highest BCUT2D eigenvalue weighted by atomic mass is 16.2. The Morgan fingerprint density at radius 3 is 2.88 bits per heavy atom. The number of nitrogens with two attached hydrogens (primary N) is 1. The van der Waals surface area contributed by atoms with Crippen LogP contribution in [0.4, 0.5) is 4.79 Å². The van der Waals surface area contributed by atoms with E-state index in [1.165, 1.54) is 6.42 Å². The van der Waals surface area contributed by atoms with Gasteiger partial charge in [-0.05, 0) is 43.6 Å². The van der Waals surface area contributed by atoms with Crippen molar-refractivity contribution < 1.29 is 4.79 Å². The molecule has 2 aliphatic carbocycles. The first-order valence-corrected chi connectivity index (χ1v) is 5.66. The van der Waals surface area contributed by atoms with Crippen LogP contribution in [0.25, 0.3) is 0 Å². The van der Waals surface area contributed by atoms with Gasteiger partial charge in [-0.15, -0.1) is 0 Å². The van der Waals surface area contributed by atoms with Crippen molar-refractivity contribution in [3.63, 3.8) is 0 Å². The molecule has 2 rings (SSSR count). The van der Waals surface area contributed by atoms with Gasteiger partial charge in [0.2, 0.25) is 0 Å². The molecular weight excluding hydrogens is 202 g/mol. The summed E-state index contributed by atoms with van der Waals surface area (Å²) in [6.07, 6.45) is 14.3. The Morgan fingerprint density at radius 1 is 1.44 bits per heavy atom. The summed E-state index contributed by atoms with van der Waals surface area (Å²) in [5, 5.41) is 3.95. The molecule has 16 heavy (non-hydrogen) atoms. The normalized spacial score (nSPS) is 30.9. The standard InChI is InChI=1S/C12H17N3O/c13-11(16)15-14-10-4-8-12(9-5-10)6-2-1-3-7-12/h1-2,4,8H,3,5-7,9H2,(H3,13,15,16)/b14-10+/t12-/m0/s1. The molecule has 0 saturated carbocycles. The summed E-state index contributed by atoms with van der Waals surface area (Å²) in [4.78, 5) is 10.5. The van der Waals surface area contributed by atoms with Crippen LogP contribution in [0.2, 0.25) is 0 Å². The Bertz CT molecular complexity index is 370. The molecule has 2 amide bonds. The van der Waals surface area contributed by atoms with Crippen molar-refractivity contribution in [3.05, 3.63) is 24.3 Å². The van der Waals surface area contributed by atoms with E-state index in [1.807, 2.05) is 6.08 Å². The zero-order chi connectivity index (χ0) is 11.4. The molecule has 0 aromatic heterocycles. The molecule has 0 saturated heterocycles. The van der Waals surface area contributed by atoms with Gasteiger partial charge in [0.15, 0.2) is 0 Å². The minimum atomic E-state index is -0.609. The molecule has 4 heteroatoms. The van der Waals surface area contributed by atoms with E-state index in [2.05, 4.69) is 28.8 Å². The third-order valence-electron chi connectivity index (χ3n) is 3.32. The second-order valence-electron chi connectivity index (χ2n) is 4.49. The number of hydrazone groups is 1. The predicted octanol–water partition coefficient (Wildman–Crippen LogP) is 2.09. The Balaban J connectivity index is 2.01. The van der Waals surface area contributed by atoms with Crippen LogP contribution < -0.4 is 11.2 Å². The molecule has 0 heterocycles. The maximum atomic E-state index is 10.5. The summed E-state index contributed by atoms with van der Waals surface area (Å²) in [5.74, 6) is 0. The number of nitrogens with zero attached hydrogens (tertiary/aromatic N) is 1. The molecule has 0 aliphatic heterocycles. The number of carbonyl (C=O) groups excluding carboxylic acids is 1. The van der Waals surface area contributed by atoms with Gasteiger partial charge in [-0.2, -0.15) is 5.10 Å². The summed E-state index contributed by atoms with van der Waals surface area (Å²) in [6.45, 7) is 0. The number of rotatable bonds is 1. The highest BCUT2D eigenvalue weighted by Gasteiger charge is 2.29. The highest BCUT2D eigenvalue weighted by molar-refractivity contribution is 5.96. The fraction of sp³-hybridized carbons (Fsp3) is 0.500. The molecule has 1 atom stereocenters. The highest BCUT2D eigenvalue weighted by Crippen LogP contribution is 2.40. The number of nitrogens with one attached hydrogen (secondary N) is 1. The second-order valence-corrected chi connectivity index (χ2v) is 4.49. The van der Waals surface area contributed by atoms with Crippen LogP contribution in [0.3, 0.4) is 0 Å². The molecule has 3 N–H and O–H groups in total. The quantitative estimate of drug-likeness (QED) is 0.514.